The first-order chi connectivity index (χ1) is 19.8. The van der Waals surface area contributed by atoms with Gasteiger partial charge in [0, 0.05) is 44.2 Å². The van der Waals surface area contributed by atoms with Crippen LogP contribution in [0.2, 0.25) is 0 Å². The third kappa shape index (κ3) is 7.71. The molecule has 0 aromatic carbocycles. The molecule has 1 fully saturated rings. The first kappa shape index (κ1) is 30.6. The summed E-state index contributed by atoms with van der Waals surface area (Å²) in [5.74, 6) is -0.631. The Kier molecular flexibility index (Phi) is 10.5. The molecule has 2 aromatic rings. The average molecular weight is 572 g/mol. The maximum Gasteiger partial charge on any atom is 0.326 e. The zero-order chi connectivity index (χ0) is 29.4. The second-order valence-electron chi connectivity index (χ2n) is 11.1. The molecule has 1 unspecified atom stereocenters. The summed E-state index contributed by atoms with van der Waals surface area (Å²) in [7, 11) is 1.46. The van der Waals surface area contributed by atoms with Crippen LogP contribution >= 0.6 is 0 Å². The maximum atomic E-state index is 13.5. The summed E-state index contributed by atoms with van der Waals surface area (Å²) >= 11 is 0. The zero-order valence-corrected chi connectivity index (χ0v) is 24.0. The van der Waals surface area contributed by atoms with Crippen molar-refractivity contribution in [1.82, 2.24) is 19.8 Å². The number of aryl methyl sites for hydroxylation is 3. The molecule has 2 aromatic heterocycles. The fourth-order valence-electron chi connectivity index (χ4n) is 5.59. The smallest absolute Gasteiger partial charge is 0.326 e. The van der Waals surface area contributed by atoms with Crippen molar-refractivity contribution in [1.29, 1.82) is 0 Å². The van der Waals surface area contributed by atoms with Gasteiger partial charge in [-0.25, -0.2) is 14.2 Å². The largest absolute Gasteiger partial charge is 0.480 e. The number of fused-ring (bicyclic) bond motifs is 1. The molecule has 0 radical (unpaired) electrons. The van der Waals surface area contributed by atoms with E-state index >= 15 is 0 Å². The minimum absolute atomic E-state index is 0.139. The average Bonchev–Trinajstić information content (AvgIpc) is 3.77. The Morgan fingerprint density at radius 1 is 1.24 bits per heavy atom. The molecule has 3 N–H and O–H groups in total. The van der Waals surface area contributed by atoms with Crippen molar-refractivity contribution < 1.29 is 23.8 Å². The predicted octanol–water partition coefficient (Wildman–Crippen LogP) is 2.67. The van der Waals surface area contributed by atoms with Crippen LogP contribution in [0.3, 0.4) is 0 Å². The number of halogens is 1. The molecule has 4 rings (SSSR count). The third-order valence-corrected chi connectivity index (χ3v) is 8.14. The molecule has 0 bridgehead atoms. The van der Waals surface area contributed by atoms with E-state index in [0.29, 0.717) is 38.2 Å². The summed E-state index contributed by atoms with van der Waals surface area (Å²) in [6.07, 6.45) is 5.14. The number of anilines is 1. The molecule has 0 saturated heterocycles. The van der Waals surface area contributed by atoms with Gasteiger partial charge in [-0.3, -0.25) is 14.2 Å². The molecule has 1 aliphatic heterocycles. The Morgan fingerprint density at radius 3 is 2.73 bits per heavy atom. The summed E-state index contributed by atoms with van der Waals surface area (Å²) in [5.41, 5.74) is 1.60. The number of methoxy groups -OCH3 is 1. The van der Waals surface area contributed by atoms with Gasteiger partial charge < -0.3 is 25.4 Å². The van der Waals surface area contributed by atoms with Crippen LogP contribution in [0.4, 0.5) is 10.2 Å². The number of carboxylic acid groups (broad SMARTS) is 1. The predicted molar refractivity (Wildman–Crippen MR) is 154 cm³/mol. The number of aliphatic carboxylic acids is 1. The van der Waals surface area contributed by atoms with Gasteiger partial charge in [-0.05, 0) is 82.5 Å². The molecule has 1 saturated carbocycles. The Balaban J connectivity index is 1.34. The van der Waals surface area contributed by atoms with Crippen LogP contribution in [0.15, 0.2) is 35.1 Å². The molecule has 1 aliphatic carbocycles. The van der Waals surface area contributed by atoms with E-state index in [1.165, 1.54) is 23.3 Å². The number of carbonyl (C=O) groups is 2. The maximum absolute atomic E-state index is 13.5. The molecule has 2 atom stereocenters. The van der Waals surface area contributed by atoms with Crippen LogP contribution < -0.4 is 16.2 Å². The van der Waals surface area contributed by atoms with Crippen molar-refractivity contribution in [2.24, 2.45) is 0 Å². The first-order valence-corrected chi connectivity index (χ1v) is 14.5. The number of pyridine rings is 2. The van der Waals surface area contributed by atoms with Gasteiger partial charge >= 0.3 is 5.97 Å². The van der Waals surface area contributed by atoms with Crippen molar-refractivity contribution >= 4 is 17.7 Å². The Hall–Kier alpha value is -3.31. The van der Waals surface area contributed by atoms with Gasteiger partial charge in [0.1, 0.15) is 24.1 Å². The van der Waals surface area contributed by atoms with Gasteiger partial charge in [0.15, 0.2) is 0 Å². The van der Waals surface area contributed by atoms with Crippen LogP contribution in [0.25, 0.3) is 0 Å². The quantitative estimate of drug-likeness (QED) is 0.263. The van der Waals surface area contributed by atoms with E-state index in [1.807, 2.05) is 4.90 Å². The molecule has 11 heteroatoms. The zero-order valence-electron chi connectivity index (χ0n) is 24.0. The van der Waals surface area contributed by atoms with Crippen LogP contribution in [-0.2, 0) is 32.7 Å². The number of hydrogen-bond acceptors (Lipinski definition) is 7. The van der Waals surface area contributed by atoms with E-state index in [2.05, 4.69) is 22.8 Å². The SMILES string of the molecule is CO[C@H](CF)CN(CCCCc1ccc2c(n1)NCCC2)CCC(NC(=O)C1(n2c(C)cccc2=O)CC1)C(=O)O. The van der Waals surface area contributed by atoms with Crippen molar-refractivity contribution in [2.45, 2.75) is 76.0 Å². The Bertz CT molecular complexity index is 1260. The molecule has 10 nitrogen and oxygen atoms in total. The van der Waals surface area contributed by atoms with Crippen molar-refractivity contribution in [3.05, 3.63) is 57.6 Å². The number of aromatic nitrogens is 2. The van der Waals surface area contributed by atoms with Crippen molar-refractivity contribution in [3.63, 3.8) is 0 Å². The van der Waals surface area contributed by atoms with Crippen LogP contribution in [0.5, 0.6) is 0 Å². The first-order valence-electron chi connectivity index (χ1n) is 14.5. The number of nitrogens with zero attached hydrogens (tertiary/aromatic N) is 3. The third-order valence-electron chi connectivity index (χ3n) is 8.14. The highest BCUT2D eigenvalue weighted by molar-refractivity contribution is 5.91. The fraction of sp³-hybridized carbons (Fsp3) is 0.600. The highest BCUT2D eigenvalue weighted by atomic mass is 19.1. The summed E-state index contributed by atoms with van der Waals surface area (Å²) in [6, 6.07) is 7.88. The van der Waals surface area contributed by atoms with E-state index in [0.717, 1.165) is 50.2 Å². The second kappa shape index (κ2) is 14.0. The van der Waals surface area contributed by atoms with Gasteiger partial charge in [0.25, 0.3) is 5.56 Å². The normalized spacial score (nSPS) is 16.9. The summed E-state index contributed by atoms with van der Waals surface area (Å²) in [4.78, 5) is 44.6. The van der Waals surface area contributed by atoms with E-state index in [9.17, 15) is 23.9 Å². The Morgan fingerprint density at radius 2 is 2.05 bits per heavy atom. The number of ether oxygens (including phenoxy) is 1. The molecule has 224 valence electrons. The van der Waals surface area contributed by atoms with Crippen molar-refractivity contribution in [2.75, 3.05) is 45.3 Å². The lowest BCUT2D eigenvalue weighted by molar-refractivity contribution is -0.143. The number of amides is 1. The summed E-state index contributed by atoms with van der Waals surface area (Å²) in [6.45, 7) is 3.35. The summed E-state index contributed by atoms with van der Waals surface area (Å²) in [5, 5.41) is 15.9. The molecule has 41 heavy (non-hydrogen) atoms. The summed E-state index contributed by atoms with van der Waals surface area (Å²) < 4.78 is 20.2. The Labute approximate surface area is 240 Å². The second-order valence-corrected chi connectivity index (χ2v) is 11.1. The number of rotatable bonds is 16. The standard InChI is InChI=1S/C30H42FN5O5/c1-21-7-5-10-26(37)36(21)30(14-15-30)29(40)34-25(28(38)39)13-18-35(20-24(19-31)41-2)17-4-3-9-23-12-11-22-8-6-16-32-27(22)33-23/h5,7,10-12,24-25H,3-4,6,8-9,13-20H2,1-2H3,(H,32,33)(H,34,40)(H,38,39)/t24-,25?/m1/s1. The van der Waals surface area contributed by atoms with Crippen molar-refractivity contribution in [3.8, 4) is 0 Å². The topological polar surface area (TPSA) is 126 Å². The molecular formula is C30H42FN5O5. The van der Waals surface area contributed by atoms with E-state index in [-0.39, 0.29) is 12.0 Å². The lowest BCUT2D eigenvalue weighted by atomic mass is 10.1. The minimum Gasteiger partial charge on any atom is -0.480 e. The van der Waals surface area contributed by atoms with Gasteiger partial charge in [0.05, 0.1) is 6.10 Å². The fourth-order valence-corrected chi connectivity index (χ4v) is 5.59. The highest BCUT2D eigenvalue weighted by Crippen LogP contribution is 2.43. The van der Waals surface area contributed by atoms with Crippen LogP contribution in [0, 0.1) is 6.92 Å². The molecule has 3 heterocycles. The van der Waals surface area contributed by atoms with Gasteiger partial charge in [-0.15, -0.1) is 0 Å². The van der Waals surface area contributed by atoms with Crippen LogP contribution in [0.1, 0.15) is 55.5 Å². The van der Waals surface area contributed by atoms with E-state index < -0.39 is 36.2 Å². The molecule has 0 spiro atoms. The number of nitrogens with one attached hydrogen (secondary N) is 2. The molecular weight excluding hydrogens is 529 g/mol. The van der Waals surface area contributed by atoms with Gasteiger partial charge in [-0.1, -0.05) is 12.1 Å². The van der Waals surface area contributed by atoms with Gasteiger partial charge in [-0.2, -0.15) is 0 Å². The molecule has 2 aliphatic rings. The van der Waals surface area contributed by atoms with Gasteiger partial charge in [0.2, 0.25) is 5.91 Å². The lowest BCUT2D eigenvalue weighted by Crippen LogP contribution is -2.51. The highest BCUT2D eigenvalue weighted by Gasteiger charge is 2.53. The number of carbonyl (C=O) groups excluding carboxylic acids is 1. The number of unbranched alkanes of at least 4 members (excludes halogenated alkanes) is 1. The lowest BCUT2D eigenvalue weighted by Gasteiger charge is -2.28. The molecule has 1 amide bonds. The van der Waals surface area contributed by atoms with E-state index in [1.54, 1.807) is 19.1 Å². The minimum atomic E-state index is -1.15. The number of alkyl halides is 1. The number of hydrogen-bond donors (Lipinski definition) is 3. The van der Waals surface area contributed by atoms with E-state index in [4.69, 9.17) is 9.72 Å². The number of carboxylic acids is 1. The van der Waals surface area contributed by atoms with Crippen LogP contribution in [-0.4, -0.2) is 83.5 Å². The monoisotopic (exact) mass is 571 g/mol.